The Kier molecular flexibility index (Phi) is 4.37. The van der Waals surface area contributed by atoms with Crippen molar-refractivity contribution in [1.29, 1.82) is 0 Å². The zero-order valence-corrected chi connectivity index (χ0v) is 12.2. The maximum atomic E-state index is 13.3. The van der Waals surface area contributed by atoms with Gasteiger partial charge in [0.15, 0.2) is 5.82 Å². The van der Waals surface area contributed by atoms with Gasteiger partial charge in [0.1, 0.15) is 5.82 Å². The van der Waals surface area contributed by atoms with Gasteiger partial charge in [0, 0.05) is 0 Å². The van der Waals surface area contributed by atoms with E-state index in [1.54, 1.807) is 12.1 Å². The number of benzene rings is 2. The minimum absolute atomic E-state index is 0.134. The lowest BCUT2D eigenvalue weighted by Crippen LogP contribution is -2.26. The van der Waals surface area contributed by atoms with Crippen molar-refractivity contribution in [1.82, 2.24) is 25.5 Å². The van der Waals surface area contributed by atoms with E-state index >= 15 is 0 Å². The van der Waals surface area contributed by atoms with Gasteiger partial charge < -0.3 is 5.32 Å². The van der Waals surface area contributed by atoms with Crippen LogP contribution in [0.25, 0.3) is 5.69 Å². The van der Waals surface area contributed by atoms with E-state index in [4.69, 9.17) is 0 Å². The average molecular weight is 311 g/mol. The maximum Gasteiger partial charge on any atom is 0.224 e. The molecule has 0 bridgehead atoms. The third-order valence-electron chi connectivity index (χ3n) is 3.24. The normalized spacial score (nSPS) is 10.5. The number of halogens is 1. The summed E-state index contributed by atoms with van der Waals surface area (Å²) in [6.07, 6.45) is 0.280. The number of nitrogens with one attached hydrogen (secondary N) is 1. The van der Waals surface area contributed by atoms with Gasteiger partial charge in [0.2, 0.25) is 5.91 Å². The molecule has 116 valence electrons. The molecule has 1 amide bonds. The lowest BCUT2D eigenvalue weighted by molar-refractivity contribution is -0.120. The first-order valence-corrected chi connectivity index (χ1v) is 7.06. The molecule has 1 heterocycles. The van der Waals surface area contributed by atoms with E-state index < -0.39 is 0 Å². The van der Waals surface area contributed by atoms with Crippen LogP contribution in [0.3, 0.4) is 0 Å². The number of rotatable bonds is 5. The monoisotopic (exact) mass is 311 g/mol. The molecule has 3 rings (SSSR count). The van der Waals surface area contributed by atoms with Crippen LogP contribution in [-0.2, 0) is 17.8 Å². The van der Waals surface area contributed by atoms with Gasteiger partial charge in [-0.25, -0.2) is 4.39 Å². The summed E-state index contributed by atoms with van der Waals surface area (Å²) in [5, 5.41) is 14.0. The van der Waals surface area contributed by atoms with Gasteiger partial charge in [-0.15, -0.1) is 5.10 Å². The van der Waals surface area contributed by atoms with Crippen LogP contribution in [0.1, 0.15) is 11.4 Å². The molecule has 0 aliphatic carbocycles. The van der Waals surface area contributed by atoms with Gasteiger partial charge in [0.25, 0.3) is 0 Å². The molecular formula is C16H14FN5O. The first-order valence-electron chi connectivity index (χ1n) is 7.06. The Balaban J connectivity index is 1.65. The second-order valence-electron chi connectivity index (χ2n) is 4.93. The van der Waals surface area contributed by atoms with Crippen LogP contribution in [-0.4, -0.2) is 26.1 Å². The lowest BCUT2D eigenvalue weighted by atomic mass is 10.1. The summed E-state index contributed by atoms with van der Waals surface area (Å²) >= 11 is 0. The second kappa shape index (κ2) is 6.78. The van der Waals surface area contributed by atoms with E-state index in [0.29, 0.717) is 11.5 Å². The summed E-state index contributed by atoms with van der Waals surface area (Å²) in [5.74, 6) is -0.0842. The number of amides is 1. The Morgan fingerprint density at radius 2 is 1.96 bits per heavy atom. The zero-order chi connectivity index (χ0) is 16.1. The first kappa shape index (κ1) is 14.8. The third-order valence-corrected chi connectivity index (χ3v) is 3.24. The Hall–Kier alpha value is -3.09. The van der Waals surface area contributed by atoms with Crippen LogP contribution in [0.5, 0.6) is 0 Å². The predicted octanol–water partition coefficient (Wildman–Crippen LogP) is 1.66. The van der Waals surface area contributed by atoms with E-state index in [-0.39, 0.29) is 24.7 Å². The maximum absolute atomic E-state index is 13.3. The predicted molar refractivity (Wildman–Crippen MR) is 81.1 cm³/mol. The quantitative estimate of drug-likeness (QED) is 0.778. The standard InChI is InChI=1S/C16H14FN5O/c17-13-7-4-8-14(10-13)22-15(19-20-21-22)11-18-16(23)9-12-5-2-1-3-6-12/h1-8,10H,9,11H2,(H,18,23). The van der Waals surface area contributed by atoms with Gasteiger partial charge in [-0.2, -0.15) is 4.68 Å². The zero-order valence-electron chi connectivity index (χ0n) is 12.2. The van der Waals surface area contributed by atoms with Crippen LogP contribution < -0.4 is 5.32 Å². The fraction of sp³-hybridized carbons (Fsp3) is 0.125. The number of hydrogen-bond donors (Lipinski definition) is 1. The number of nitrogens with zero attached hydrogens (tertiary/aromatic N) is 4. The summed E-state index contributed by atoms with van der Waals surface area (Å²) < 4.78 is 14.7. The SMILES string of the molecule is O=C(Cc1ccccc1)NCc1nnnn1-c1cccc(F)c1. The molecule has 0 atom stereocenters. The smallest absolute Gasteiger partial charge is 0.224 e. The van der Waals surface area contributed by atoms with Gasteiger partial charge in [-0.3, -0.25) is 4.79 Å². The van der Waals surface area contributed by atoms with Gasteiger partial charge in [0.05, 0.1) is 18.7 Å². The molecule has 1 aromatic heterocycles. The Morgan fingerprint density at radius 3 is 2.74 bits per heavy atom. The molecule has 7 heteroatoms. The number of hydrogen-bond acceptors (Lipinski definition) is 4. The second-order valence-corrected chi connectivity index (χ2v) is 4.93. The van der Waals surface area contributed by atoms with E-state index in [0.717, 1.165) is 5.56 Å². The summed E-state index contributed by atoms with van der Waals surface area (Å²) in [5.41, 5.74) is 1.43. The molecule has 23 heavy (non-hydrogen) atoms. The largest absolute Gasteiger partial charge is 0.348 e. The number of carbonyl (C=O) groups excluding carboxylic acids is 1. The van der Waals surface area contributed by atoms with E-state index in [2.05, 4.69) is 20.8 Å². The highest BCUT2D eigenvalue weighted by atomic mass is 19.1. The highest BCUT2D eigenvalue weighted by molar-refractivity contribution is 5.78. The fourth-order valence-electron chi connectivity index (χ4n) is 2.15. The Morgan fingerprint density at radius 1 is 1.13 bits per heavy atom. The van der Waals surface area contributed by atoms with E-state index in [1.807, 2.05) is 30.3 Å². The van der Waals surface area contributed by atoms with Crippen LogP contribution in [0.4, 0.5) is 4.39 Å². The molecule has 0 spiro atoms. The molecule has 0 aliphatic rings. The molecule has 0 fully saturated rings. The van der Waals surface area contributed by atoms with E-state index in [1.165, 1.54) is 16.8 Å². The summed E-state index contributed by atoms with van der Waals surface area (Å²) in [6.45, 7) is 0.162. The summed E-state index contributed by atoms with van der Waals surface area (Å²) in [7, 11) is 0. The van der Waals surface area contributed by atoms with Crippen molar-refractivity contribution in [3.8, 4) is 5.69 Å². The van der Waals surface area contributed by atoms with Crippen LogP contribution in [0.2, 0.25) is 0 Å². The van der Waals surface area contributed by atoms with Crippen molar-refractivity contribution in [2.75, 3.05) is 0 Å². The minimum atomic E-state index is -0.378. The highest BCUT2D eigenvalue weighted by Gasteiger charge is 2.10. The van der Waals surface area contributed by atoms with Crippen LogP contribution in [0.15, 0.2) is 54.6 Å². The van der Waals surface area contributed by atoms with Crippen molar-refractivity contribution < 1.29 is 9.18 Å². The highest BCUT2D eigenvalue weighted by Crippen LogP contribution is 2.09. The number of carbonyl (C=O) groups is 1. The van der Waals surface area contributed by atoms with Crippen molar-refractivity contribution in [2.24, 2.45) is 0 Å². The number of aromatic nitrogens is 4. The van der Waals surface area contributed by atoms with Crippen LogP contribution in [0, 0.1) is 5.82 Å². The third kappa shape index (κ3) is 3.76. The van der Waals surface area contributed by atoms with Gasteiger partial charge in [-0.05, 0) is 34.2 Å². The van der Waals surface area contributed by atoms with Gasteiger partial charge >= 0.3 is 0 Å². The minimum Gasteiger partial charge on any atom is -0.348 e. The van der Waals surface area contributed by atoms with Crippen LogP contribution >= 0.6 is 0 Å². The molecular weight excluding hydrogens is 297 g/mol. The first-order chi connectivity index (χ1) is 11.2. The molecule has 0 radical (unpaired) electrons. The van der Waals surface area contributed by atoms with E-state index in [9.17, 15) is 9.18 Å². The van der Waals surface area contributed by atoms with Gasteiger partial charge in [-0.1, -0.05) is 36.4 Å². The van der Waals surface area contributed by atoms with Crippen molar-refractivity contribution in [3.63, 3.8) is 0 Å². The fourth-order valence-corrected chi connectivity index (χ4v) is 2.15. The molecule has 0 aliphatic heterocycles. The summed E-state index contributed by atoms with van der Waals surface area (Å²) in [4.78, 5) is 12.0. The molecule has 3 aromatic rings. The summed E-state index contributed by atoms with van der Waals surface area (Å²) in [6, 6.07) is 15.4. The Labute approximate surface area is 132 Å². The van der Waals surface area contributed by atoms with Crippen molar-refractivity contribution >= 4 is 5.91 Å². The lowest BCUT2D eigenvalue weighted by Gasteiger charge is -2.06. The molecule has 6 nitrogen and oxygen atoms in total. The Bertz CT molecular complexity index is 803. The van der Waals surface area contributed by atoms with Crippen molar-refractivity contribution in [2.45, 2.75) is 13.0 Å². The van der Waals surface area contributed by atoms with Crippen molar-refractivity contribution in [3.05, 3.63) is 71.8 Å². The molecule has 1 N–H and O–H groups in total. The number of tetrazole rings is 1. The molecule has 0 unspecified atom stereocenters. The average Bonchev–Trinajstić information content (AvgIpc) is 3.02. The molecule has 0 saturated heterocycles. The molecule has 2 aromatic carbocycles. The molecule has 0 saturated carbocycles. The topological polar surface area (TPSA) is 72.7 Å².